The maximum absolute atomic E-state index is 12.5. The van der Waals surface area contributed by atoms with Gasteiger partial charge in [-0.05, 0) is 23.8 Å². The quantitative estimate of drug-likeness (QED) is 0.417. The van der Waals surface area contributed by atoms with Crippen LogP contribution in [0.25, 0.3) is 10.8 Å². The van der Waals surface area contributed by atoms with Crippen LogP contribution in [0.5, 0.6) is 0 Å². The zero-order chi connectivity index (χ0) is 22.1. The molecule has 0 fully saturated rings. The molecule has 4 N–H and O–H groups in total. The molecule has 2 unspecified atom stereocenters. The molecule has 0 aromatic heterocycles. The standard InChI is InChI=1S/C22H27N3O5/c1-14(2)10-19(22(30)24-16(13-26)11-21(28)29)25-20(27)12-23-18-9-5-7-15-6-3-4-8-17(15)18/h3-9,13-14,16,19,23H,10-12H2,1-2H3,(H,24,30)(H,25,27)(H,28,29). The maximum Gasteiger partial charge on any atom is 0.305 e. The molecule has 160 valence electrons. The number of aldehydes is 1. The van der Waals surface area contributed by atoms with E-state index in [1.807, 2.05) is 56.3 Å². The number of hydrogen-bond acceptors (Lipinski definition) is 5. The highest BCUT2D eigenvalue weighted by Gasteiger charge is 2.25. The van der Waals surface area contributed by atoms with E-state index in [2.05, 4.69) is 16.0 Å². The number of aliphatic carboxylic acids is 1. The van der Waals surface area contributed by atoms with E-state index in [9.17, 15) is 19.2 Å². The Morgan fingerprint density at radius 3 is 2.40 bits per heavy atom. The van der Waals surface area contributed by atoms with Gasteiger partial charge in [0.15, 0.2) is 0 Å². The van der Waals surface area contributed by atoms with E-state index in [1.165, 1.54) is 0 Å². The lowest BCUT2D eigenvalue weighted by Gasteiger charge is -2.22. The summed E-state index contributed by atoms with van der Waals surface area (Å²) in [4.78, 5) is 46.8. The van der Waals surface area contributed by atoms with Crippen molar-refractivity contribution in [3.8, 4) is 0 Å². The summed E-state index contributed by atoms with van der Waals surface area (Å²) in [5.74, 6) is -2.07. The van der Waals surface area contributed by atoms with Gasteiger partial charge in [0.1, 0.15) is 12.3 Å². The number of anilines is 1. The molecule has 0 aliphatic heterocycles. The van der Waals surface area contributed by atoms with Crippen LogP contribution in [0, 0.1) is 5.92 Å². The maximum atomic E-state index is 12.5. The van der Waals surface area contributed by atoms with E-state index in [-0.39, 0.29) is 18.4 Å². The average Bonchev–Trinajstić information content (AvgIpc) is 2.70. The first kappa shape index (κ1) is 22.9. The predicted molar refractivity (Wildman–Crippen MR) is 114 cm³/mol. The molecule has 0 bridgehead atoms. The number of benzene rings is 2. The van der Waals surface area contributed by atoms with Crippen LogP contribution in [0.3, 0.4) is 0 Å². The third-order valence-electron chi connectivity index (χ3n) is 4.47. The van der Waals surface area contributed by atoms with E-state index in [0.717, 1.165) is 16.5 Å². The monoisotopic (exact) mass is 413 g/mol. The Morgan fingerprint density at radius 2 is 1.73 bits per heavy atom. The fourth-order valence-corrected chi connectivity index (χ4v) is 3.11. The van der Waals surface area contributed by atoms with E-state index < -0.39 is 30.4 Å². The van der Waals surface area contributed by atoms with Crippen molar-refractivity contribution in [3.63, 3.8) is 0 Å². The number of fused-ring (bicyclic) bond motifs is 1. The van der Waals surface area contributed by atoms with Gasteiger partial charge in [-0.3, -0.25) is 14.4 Å². The van der Waals surface area contributed by atoms with Crippen molar-refractivity contribution < 1.29 is 24.3 Å². The summed E-state index contributed by atoms with van der Waals surface area (Å²) in [7, 11) is 0. The molecule has 0 saturated carbocycles. The third kappa shape index (κ3) is 6.88. The van der Waals surface area contributed by atoms with Crippen molar-refractivity contribution in [1.82, 2.24) is 10.6 Å². The molecule has 0 aliphatic carbocycles. The van der Waals surface area contributed by atoms with Gasteiger partial charge in [-0.1, -0.05) is 50.2 Å². The van der Waals surface area contributed by atoms with Gasteiger partial charge >= 0.3 is 5.97 Å². The highest BCUT2D eigenvalue weighted by Crippen LogP contribution is 2.22. The molecule has 30 heavy (non-hydrogen) atoms. The lowest BCUT2D eigenvalue weighted by molar-refractivity contribution is -0.139. The first-order chi connectivity index (χ1) is 14.3. The van der Waals surface area contributed by atoms with Crippen LogP contribution < -0.4 is 16.0 Å². The van der Waals surface area contributed by atoms with E-state index >= 15 is 0 Å². The molecule has 8 nitrogen and oxygen atoms in total. The molecular weight excluding hydrogens is 386 g/mol. The summed E-state index contributed by atoms with van der Waals surface area (Å²) >= 11 is 0. The molecule has 2 rings (SSSR count). The summed E-state index contributed by atoms with van der Waals surface area (Å²) in [5.41, 5.74) is 0.801. The lowest BCUT2D eigenvalue weighted by atomic mass is 10.0. The molecule has 2 amide bonds. The van der Waals surface area contributed by atoms with Crippen LogP contribution in [0.4, 0.5) is 5.69 Å². The van der Waals surface area contributed by atoms with Crippen molar-refractivity contribution in [2.24, 2.45) is 5.92 Å². The Hall–Kier alpha value is -3.42. The Labute approximate surface area is 175 Å². The number of rotatable bonds is 11. The highest BCUT2D eigenvalue weighted by molar-refractivity contribution is 5.96. The topological polar surface area (TPSA) is 125 Å². The van der Waals surface area contributed by atoms with Gasteiger partial charge in [0.25, 0.3) is 0 Å². The second-order valence-corrected chi connectivity index (χ2v) is 7.48. The van der Waals surface area contributed by atoms with E-state index in [4.69, 9.17) is 5.11 Å². The first-order valence-electron chi connectivity index (χ1n) is 9.78. The molecule has 0 aliphatic rings. The average molecular weight is 413 g/mol. The summed E-state index contributed by atoms with van der Waals surface area (Å²) in [5, 5.41) is 19.0. The predicted octanol–water partition coefficient (Wildman–Crippen LogP) is 1.94. The van der Waals surface area contributed by atoms with Crippen LogP contribution >= 0.6 is 0 Å². The Kier molecular flexibility index (Phi) is 8.34. The summed E-state index contributed by atoms with van der Waals surface area (Å²) in [6, 6.07) is 11.5. The largest absolute Gasteiger partial charge is 0.481 e. The Morgan fingerprint density at radius 1 is 1.03 bits per heavy atom. The minimum atomic E-state index is -1.20. The minimum absolute atomic E-state index is 0.0396. The molecule has 8 heteroatoms. The molecular formula is C22H27N3O5. The fourth-order valence-electron chi connectivity index (χ4n) is 3.11. The van der Waals surface area contributed by atoms with Crippen molar-refractivity contribution in [1.29, 1.82) is 0 Å². The van der Waals surface area contributed by atoms with Gasteiger partial charge in [-0.25, -0.2) is 0 Å². The van der Waals surface area contributed by atoms with Crippen molar-refractivity contribution in [3.05, 3.63) is 42.5 Å². The second-order valence-electron chi connectivity index (χ2n) is 7.48. The number of nitrogens with one attached hydrogen (secondary N) is 3. The van der Waals surface area contributed by atoms with Crippen molar-refractivity contribution >= 4 is 40.5 Å². The summed E-state index contributed by atoms with van der Waals surface area (Å²) in [6.07, 6.45) is 0.215. The summed E-state index contributed by atoms with van der Waals surface area (Å²) < 4.78 is 0. The SMILES string of the molecule is CC(C)CC(NC(=O)CNc1cccc2ccccc12)C(=O)NC(C=O)CC(=O)O. The number of carboxylic acids is 1. The van der Waals surface area contributed by atoms with Crippen LogP contribution in [-0.4, -0.2) is 47.8 Å². The Bertz CT molecular complexity index is 907. The van der Waals surface area contributed by atoms with Gasteiger partial charge in [-0.15, -0.1) is 0 Å². The lowest BCUT2D eigenvalue weighted by Crippen LogP contribution is -2.51. The number of carbonyl (C=O) groups is 4. The highest BCUT2D eigenvalue weighted by atomic mass is 16.4. The van der Waals surface area contributed by atoms with Crippen LogP contribution in [0.1, 0.15) is 26.7 Å². The number of carboxylic acid groups (broad SMARTS) is 1. The van der Waals surface area contributed by atoms with Crippen molar-refractivity contribution in [2.75, 3.05) is 11.9 Å². The zero-order valence-corrected chi connectivity index (χ0v) is 17.1. The minimum Gasteiger partial charge on any atom is -0.481 e. The first-order valence-corrected chi connectivity index (χ1v) is 9.78. The number of hydrogen-bond donors (Lipinski definition) is 4. The zero-order valence-electron chi connectivity index (χ0n) is 17.1. The number of carbonyl (C=O) groups excluding carboxylic acids is 3. The van der Waals surface area contributed by atoms with Gasteiger partial charge in [0.2, 0.25) is 11.8 Å². The van der Waals surface area contributed by atoms with Crippen LogP contribution in [0.2, 0.25) is 0 Å². The molecule has 2 aromatic carbocycles. The van der Waals surface area contributed by atoms with Crippen LogP contribution in [0.15, 0.2) is 42.5 Å². The smallest absolute Gasteiger partial charge is 0.305 e. The molecule has 0 saturated heterocycles. The normalized spacial score (nSPS) is 12.8. The summed E-state index contributed by atoms with van der Waals surface area (Å²) in [6.45, 7) is 3.76. The van der Waals surface area contributed by atoms with Gasteiger partial charge in [0.05, 0.1) is 19.0 Å². The second kappa shape index (κ2) is 10.9. The molecule has 2 aromatic rings. The fraction of sp³-hybridized carbons (Fsp3) is 0.364. The van der Waals surface area contributed by atoms with Crippen molar-refractivity contribution in [2.45, 2.75) is 38.8 Å². The number of amides is 2. The van der Waals surface area contributed by atoms with E-state index in [0.29, 0.717) is 12.7 Å². The molecule has 0 spiro atoms. The molecule has 0 heterocycles. The Balaban J connectivity index is 2.01. The molecule has 2 atom stereocenters. The molecule has 0 radical (unpaired) electrons. The van der Waals surface area contributed by atoms with Crippen LogP contribution in [-0.2, 0) is 19.2 Å². The third-order valence-corrected chi connectivity index (χ3v) is 4.47. The van der Waals surface area contributed by atoms with Gasteiger partial charge in [-0.2, -0.15) is 0 Å². The van der Waals surface area contributed by atoms with Gasteiger partial charge in [0, 0.05) is 11.1 Å². The van der Waals surface area contributed by atoms with Gasteiger partial charge < -0.3 is 25.9 Å². The van der Waals surface area contributed by atoms with E-state index in [1.54, 1.807) is 0 Å².